The van der Waals surface area contributed by atoms with Gasteiger partial charge in [-0.1, -0.05) is 71.0 Å². The maximum Gasteiger partial charge on any atom is 0.174 e. The van der Waals surface area contributed by atoms with Gasteiger partial charge in [-0.25, -0.2) is 0 Å². The molecule has 0 bridgehead atoms. The average Bonchev–Trinajstić information content (AvgIpc) is 2.87. The molecule has 0 fully saturated rings. The molecule has 0 aliphatic rings. The van der Waals surface area contributed by atoms with E-state index in [2.05, 4.69) is 47.8 Å². The van der Waals surface area contributed by atoms with Crippen molar-refractivity contribution in [3.05, 3.63) is 115 Å². The van der Waals surface area contributed by atoms with E-state index < -0.39 is 0 Å². The van der Waals surface area contributed by atoms with Gasteiger partial charge in [0.25, 0.3) is 0 Å². The van der Waals surface area contributed by atoms with Crippen molar-refractivity contribution in [3.63, 3.8) is 0 Å². The molecule has 0 heterocycles. The van der Waals surface area contributed by atoms with Crippen LogP contribution in [0.2, 0.25) is 10.0 Å². The van der Waals surface area contributed by atoms with Gasteiger partial charge in [0.15, 0.2) is 11.6 Å². The Morgan fingerprint density at radius 1 is 0.649 bits per heavy atom. The van der Waals surface area contributed by atoms with E-state index >= 15 is 0 Å². The molecule has 37 heavy (non-hydrogen) atoms. The SMILES string of the molecule is CC(=O)c1ccc(Oc2ccc(Br)cc2)cc1Cl.O=C(CBr)c1ccc(Oc2ccc(Br)cc2)cc1Cl. The molecule has 4 rings (SSSR count). The highest BCUT2D eigenvalue weighted by Crippen LogP contribution is 2.29. The molecular formula is C28H19Br3Cl2O4. The first-order valence-electron chi connectivity index (χ1n) is 10.7. The standard InChI is InChI=1S/C14H9Br2ClO2.C14H10BrClO2/c15-8-14(18)12-6-5-11(7-13(12)17)19-10-3-1-9(16)2-4-10;1-9(17)13-7-6-12(8-14(13)16)18-11-4-2-10(15)3-5-11/h1-7H,8H2;2-8H,1H3. The summed E-state index contributed by atoms with van der Waals surface area (Å²) < 4.78 is 13.3. The molecule has 190 valence electrons. The zero-order chi connectivity index (χ0) is 26.9. The van der Waals surface area contributed by atoms with Crippen LogP contribution in [0.1, 0.15) is 27.6 Å². The Balaban J connectivity index is 0.000000206. The number of halogens is 5. The van der Waals surface area contributed by atoms with Crippen molar-refractivity contribution in [1.82, 2.24) is 0 Å². The fourth-order valence-electron chi connectivity index (χ4n) is 2.98. The van der Waals surface area contributed by atoms with E-state index in [0.29, 0.717) is 44.2 Å². The lowest BCUT2D eigenvalue weighted by Crippen LogP contribution is -2.00. The number of hydrogen-bond donors (Lipinski definition) is 0. The monoisotopic (exact) mass is 726 g/mol. The second kappa shape index (κ2) is 14.1. The molecule has 9 heteroatoms. The van der Waals surface area contributed by atoms with Crippen LogP contribution in [0.3, 0.4) is 0 Å². The first-order chi connectivity index (χ1) is 17.7. The summed E-state index contributed by atoms with van der Waals surface area (Å²) in [5, 5.41) is 1.04. The number of Topliss-reactive ketones (excluding diaryl/α,β-unsaturated/α-hetero) is 2. The lowest BCUT2D eigenvalue weighted by Gasteiger charge is -2.08. The largest absolute Gasteiger partial charge is 0.457 e. The first kappa shape index (κ1) is 29.4. The molecule has 0 spiro atoms. The third-order valence-corrected chi connectivity index (χ3v) is 6.97. The number of ketones is 2. The van der Waals surface area contributed by atoms with Crippen LogP contribution in [0, 0.1) is 0 Å². The van der Waals surface area contributed by atoms with Gasteiger partial charge >= 0.3 is 0 Å². The second-order valence-electron chi connectivity index (χ2n) is 7.51. The van der Waals surface area contributed by atoms with Crippen LogP contribution in [0.5, 0.6) is 23.0 Å². The predicted molar refractivity (Wildman–Crippen MR) is 159 cm³/mol. The maximum absolute atomic E-state index is 11.6. The lowest BCUT2D eigenvalue weighted by atomic mass is 10.1. The van der Waals surface area contributed by atoms with E-state index in [1.165, 1.54) is 6.92 Å². The van der Waals surface area contributed by atoms with Crippen molar-refractivity contribution >= 4 is 82.6 Å². The van der Waals surface area contributed by atoms with Crippen molar-refractivity contribution in [2.45, 2.75) is 6.92 Å². The molecular weight excluding hydrogens is 711 g/mol. The molecule has 4 aromatic carbocycles. The number of alkyl halides is 1. The third-order valence-electron chi connectivity index (χ3n) is 4.78. The van der Waals surface area contributed by atoms with Gasteiger partial charge in [0.05, 0.1) is 15.4 Å². The number of hydrogen-bond acceptors (Lipinski definition) is 4. The summed E-state index contributed by atoms with van der Waals surface area (Å²) >= 11 is 21.9. The van der Waals surface area contributed by atoms with Crippen LogP contribution in [-0.2, 0) is 0 Å². The molecule has 0 unspecified atom stereocenters. The molecule has 0 amide bonds. The smallest absolute Gasteiger partial charge is 0.174 e. The Morgan fingerprint density at radius 3 is 1.38 bits per heavy atom. The van der Waals surface area contributed by atoms with Crippen molar-refractivity contribution in [1.29, 1.82) is 0 Å². The van der Waals surface area contributed by atoms with Gasteiger partial charge < -0.3 is 9.47 Å². The number of carbonyl (C=O) groups excluding carboxylic acids is 2. The van der Waals surface area contributed by atoms with Crippen LogP contribution >= 0.6 is 71.0 Å². The molecule has 0 aliphatic carbocycles. The highest BCUT2D eigenvalue weighted by Gasteiger charge is 2.10. The first-order valence-corrected chi connectivity index (χ1v) is 14.2. The Hall–Kier alpha value is -2.16. The van der Waals surface area contributed by atoms with Gasteiger partial charge in [-0.05, 0) is 79.7 Å². The second-order valence-corrected chi connectivity index (χ2v) is 10.7. The third kappa shape index (κ3) is 8.97. The Bertz CT molecular complexity index is 1390. The molecule has 0 atom stereocenters. The Morgan fingerprint density at radius 2 is 1.03 bits per heavy atom. The van der Waals surface area contributed by atoms with Gasteiger partial charge in [0, 0.05) is 32.2 Å². The van der Waals surface area contributed by atoms with Crippen molar-refractivity contribution in [2.24, 2.45) is 0 Å². The molecule has 0 aromatic heterocycles. The van der Waals surface area contributed by atoms with E-state index in [1.54, 1.807) is 36.4 Å². The highest BCUT2D eigenvalue weighted by atomic mass is 79.9. The minimum Gasteiger partial charge on any atom is -0.457 e. The quantitative estimate of drug-likeness (QED) is 0.140. The van der Waals surface area contributed by atoms with Gasteiger partial charge in [-0.3, -0.25) is 9.59 Å². The minimum atomic E-state index is -0.0600. The molecule has 0 saturated carbocycles. The number of carbonyl (C=O) groups is 2. The van der Waals surface area contributed by atoms with Crippen LogP contribution < -0.4 is 9.47 Å². The van der Waals surface area contributed by atoms with Gasteiger partial charge in [-0.15, -0.1) is 0 Å². The van der Waals surface area contributed by atoms with Crippen molar-refractivity contribution in [3.8, 4) is 23.0 Å². The summed E-state index contributed by atoms with van der Waals surface area (Å²) in [5.41, 5.74) is 0.988. The van der Waals surface area contributed by atoms with Crippen LogP contribution in [0.15, 0.2) is 93.9 Å². The van der Waals surface area contributed by atoms with E-state index in [-0.39, 0.29) is 16.9 Å². The molecule has 0 radical (unpaired) electrons. The molecule has 4 nitrogen and oxygen atoms in total. The number of benzene rings is 4. The Kier molecular flexibility index (Phi) is 11.2. The van der Waals surface area contributed by atoms with Crippen LogP contribution in [0.25, 0.3) is 0 Å². The fraction of sp³-hybridized carbons (Fsp3) is 0.0714. The van der Waals surface area contributed by atoms with Crippen molar-refractivity contribution in [2.75, 3.05) is 5.33 Å². The lowest BCUT2D eigenvalue weighted by molar-refractivity contribution is 0.101. The topological polar surface area (TPSA) is 52.6 Å². The van der Waals surface area contributed by atoms with E-state index in [4.69, 9.17) is 32.7 Å². The zero-order valence-corrected chi connectivity index (χ0v) is 25.6. The maximum atomic E-state index is 11.6. The van der Waals surface area contributed by atoms with Gasteiger partial charge in [-0.2, -0.15) is 0 Å². The Labute approximate surface area is 250 Å². The van der Waals surface area contributed by atoms with Crippen LogP contribution in [0.4, 0.5) is 0 Å². The predicted octanol–water partition coefficient (Wildman–Crippen LogP) is 10.6. The highest BCUT2D eigenvalue weighted by molar-refractivity contribution is 9.10. The summed E-state index contributed by atoms with van der Waals surface area (Å²) in [6.07, 6.45) is 0. The fourth-order valence-corrected chi connectivity index (χ4v) is 4.39. The van der Waals surface area contributed by atoms with Gasteiger partial charge in [0.2, 0.25) is 0 Å². The van der Waals surface area contributed by atoms with Crippen LogP contribution in [-0.4, -0.2) is 16.9 Å². The van der Waals surface area contributed by atoms with E-state index in [1.807, 2.05) is 48.5 Å². The normalized spacial score (nSPS) is 10.2. The average molecular weight is 730 g/mol. The van der Waals surface area contributed by atoms with Crippen molar-refractivity contribution < 1.29 is 19.1 Å². The summed E-state index contributed by atoms with van der Waals surface area (Å²) in [4.78, 5) is 22.8. The number of ether oxygens (including phenoxy) is 2. The number of rotatable bonds is 7. The molecule has 0 aliphatic heterocycles. The van der Waals surface area contributed by atoms with E-state index in [9.17, 15) is 9.59 Å². The molecule has 4 aromatic rings. The molecule has 0 N–H and O–H groups in total. The zero-order valence-electron chi connectivity index (χ0n) is 19.3. The summed E-state index contributed by atoms with van der Waals surface area (Å²) in [7, 11) is 0. The van der Waals surface area contributed by atoms with E-state index in [0.717, 1.165) is 8.95 Å². The molecule has 0 saturated heterocycles. The summed E-state index contributed by atoms with van der Waals surface area (Å²) in [6.45, 7) is 1.48. The summed E-state index contributed by atoms with van der Waals surface area (Å²) in [5.74, 6) is 2.50. The minimum absolute atomic E-state index is 0.0554. The summed E-state index contributed by atoms with van der Waals surface area (Å²) in [6, 6.07) is 25.0. The van der Waals surface area contributed by atoms with Gasteiger partial charge in [0.1, 0.15) is 23.0 Å².